The van der Waals surface area contributed by atoms with Crippen LogP contribution < -0.4 is 5.32 Å². The number of hydrogen-bond donors (Lipinski definition) is 2. The van der Waals surface area contributed by atoms with E-state index in [0.717, 1.165) is 29.7 Å². The van der Waals surface area contributed by atoms with Crippen LogP contribution in [-0.4, -0.2) is 40.7 Å². The lowest BCUT2D eigenvalue weighted by atomic mass is 9.29. The van der Waals surface area contributed by atoms with Gasteiger partial charge in [0.05, 0.1) is 11.9 Å². The first kappa shape index (κ1) is 30.8. The fourth-order valence-electron chi connectivity index (χ4n) is 8.59. The number of rotatable bonds is 9. The third kappa shape index (κ3) is 5.06. The van der Waals surface area contributed by atoms with Crippen LogP contribution in [0.2, 0.25) is 0 Å². The molecule has 0 saturated heterocycles. The zero-order valence-electron chi connectivity index (χ0n) is 25.0. The van der Waals surface area contributed by atoms with Crippen molar-refractivity contribution in [2.45, 2.75) is 104 Å². The topological polar surface area (TPSA) is 92.7 Å². The molecule has 3 fully saturated rings. The Hall–Kier alpha value is -2.12. The highest BCUT2D eigenvalue weighted by molar-refractivity contribution is 8.00. The van der Waals surface area contributed by atoms with Crippen LogP contribution in [0, 0.1) is 33.5 Å². The number of ether oxygens (including phenoxy) is 1. The smallest absolute Gasteiger partial charge is 0.316 e. The summed E-state index contributed by atoms with van der Waals surface area (Å²) in [6.07, 6.45) is 4.53. The van der Waals surface area contributed by atoms with Gasteiger partial charge in [-0.1, -0.05) is 59.8 Å². The minimum atomic E-state index is -0.641. The van der Waals surface area contributed by atoms with Gasteiger partial charge in [-0.2, -0.15) is 0 Å². The average molecular weight is 570 g/mol. The number of ketones is 1. The van der Waals surface area contributed by atoms with E-state index in [0.29, 0.717) is 31.6 Å². The molecule has 0 radical (unpaired) electrons. The molecular weight excluding hydrogens is 522 g/mol. The summed E-state index contributed by atoms with van der Waals surface area (Å²) in [5.74, 6) is 0.204. The van der Waals surface area contributed by atoms with Crippen LogP contribution in [0.1, 0.15) is 85.6 Å². The van der Waals surface area contributed by atoms with Gasteiger partial charge in [0, 0.05) is 40.5 Å². The second kappa shape index (κ2) is 11.3. The van der Waals surface area contributed by atoms with Crippen molar-refractivity contribution in [1.29, 1.82) is 0 Å². The largest absolute Gasteiger partial charge is 0.461 e. The number of benzene rings is 1. The number of nitrogens with one attached hydrogen (secondary N) is 1. The summed E-state index contributed by atoms with van der Waals surface area (Å²) in [7, 11) is 0. The predicted octanol–water partition coefficient (Wildman–Crippen LogP) is 6.10. The lowest BCUT2D eigenvalue weighted by Crippen LogP contribution is -2.73. The van der Waals surface area contributed by atoms with Crippen molar-refractivity contribution in [3.63, 3.8) is 0 Å². The van der Waals surface area contributed by atoms with Crippen molar-refractivity contribution >= 4 is 29.4 Å². The number of amides is 1. The van der Waals surface area contributed by atoms with E-state index in [4.69, 9.17) is 4.74 Å². The van der Waals surface area contributed by atoms with Crippen LogP contribution in [0.25, 0.3) is 0 Å². The van der Waals surface area contributed by atoms with Crippen LogP contribution in [0.4, 0.5) is 0 Å². The quantitative estimate of drug-likeness (QED) is 0.212. The van der Waals surface area contributed by atoms with Gasteiger partial charge in [-0.15, -0.1) is 18.3 Å². The number of carbonyl (C=O) groups is 3. The van der Waals surface area contributed by atoms with Gasteiger partial charge in [-0.3, -0.25) is 14.4 Å². The number of carbonyl (C=O) groups excluding carboxylic acids is 3. The molecule has 1 aromatic carbocycles. The second-order valence-corrected chi connectivity index (χ2v) is 14.3. The van der Waals surface area contributed by atoms with Gasteiger partial charge in [0.1, 0.15) is 11.9 Å². The molecule has 2 N–H and O–H groups in total. The molecule has 6 nitrogen and oxygen atoms in total. The molecule has 1 spiro atoms. The Morgan fingerprint density at radius 2 is 1.98 bits per heavy atom. The number of esters is 1. The monoisotopic (exact) mass is 569 g/mol. The van der Waals surface area contributed by atoms with Crippen LogP contribution in [0.3, 0.4) is 0 Å². The molecular formula is C33H47NO5S. The second-order valence-electron chi connectivity index (χ2n) is 13.2. The molecule has 4 rings (SSSR count). The Morgan fingerprint density at radius 3 is 2.62 bits per heavy atom. The molecule has 3 aliphatic rings. The Balaban J connectivity index is 1.57. The van der Waals surface area contributed by atoms with Crippen molar-refractivity contribution < 1.29 is 24.2 Å². The van der Waals surface area contributed by atoms with Crippen molar-refractivity contribution in [3.8, 4) is 0 Å². The summed E-state index contributed by atoms with van der Waals surface area (Å²) in [4.78, 5) is 39.3. The molecule has 220 valence electrons. The van der Waals surface area contributed by atoms with Crippen LogP contribution in [-0.2, 0) is 25.7 Å². The van der Waals surface area contributed by atoms with Crippen molar-refractivity contribution in [1.82, 2.24) is 5.32 Å². The molecule has 3 aliphatic carbocycles. The highest BCUT2D eigenvalue weighted by atomic mass is 32.2. The molecule has 3 unspecified atom stereocenters. The number of aliphatic hydroxyl groups excluding tert-OH is 1. The maximum Gasteiger partial charge on any atom is 0.316 e. The zero-order valence-corrected chi connectivity index (χ0v) is 25.9. The van der Waals surface area contributed by atoms with E-state index in [1.807, 2.05) is 44.2 Å². The maximum absolute atomic E-state index is 13.4. The van der Waals surface area contributed by atoms with Crippen molar-refractivity contribution in [2.75, 3.05) is 5.75 Å². The fourth-order valence-corrected chi connectivity index (χ4v) is 9.36. The van der Waals surface area contributed by atoms with Gasteiger partial charge in [0.15, 0.2) is 0 Å². The summed E-state index contributed by atoms with van der Waals surface area (Å²) in [6.45, 7) is 17.0. The first-order valence-electron chi connectivity index (χ1n) is 14.8. The van der Waals surface area contributed by atoms with Crippen LogP contribution in [0.15, 0.2) is 41.8 Å². The summed E-state index contributed by atoms with van der Waals surface area (Å²) < 4.78 is 6.37. The summed E-state index contributed by atoms with van der Waals surface area (Å²) in [6, 6.07) is 7.81. The van der Waals surface area contributed by atoms with E-state index in [9.17, 15) is 19.5 Å². The van der Waals surface area contributed by atoms with E-state index in [2.05, 4.69) is 39.6 Å². The first-order chi connectivity index (χ1) is 18.8. The van der Waals surface area contributed by atoms with Crippen molar-refractivity contribution in [2.24, 2.45) is 33.5 Å². The summed E-state index contributed by atoms with van der Waals surface area (Å²) in [5.41, 5.74) is -0.683. The van der Waals surface area contributed by atoms with Gasteiger partial charge >= 0.3 is 5.97 Å². The Labute approximate surface area is 244 Å². The lowest BCUT2D eigenvalue weighted by molar-refractivity contribution is -0.275. The van der Waals surface area contributed by atoms with Gasteiger partial charge in [-0.25, -0.2) is 0 Å². The van der Waals surface area contributed by atoms with E-state index in [1.54, 1.807) is 0 Å². The zero-order chi connectivity index (χ0) is 29.5. The van der Waals surface area contributed by atoms with Crippen molar-refractivity contribution in [3.05, 3.63) is 42.5 Å². The SMILES string of the molecule is C=C[C@]1(C)C[C@@H](OC(=O)CSc2cccc(CNC(=O)CC)c2)[C@](C)(CC)C2C3(C)CC2(CCC3=O)[C@@H](C)[C@@H]1O. The minimum absolute atomic E-state index is 0.00112. The molecule has 40 heavy (non-hydrogen) atoms. The number of aliphatic hydroxyl groups is 1. The molecule has 0 heterocycles. The predicted molar refractivity (Wildman–Crippen MR) is 159 cm³/mol. The summed E-state index contributed by atoms with van der Waals surface area (Å²) >= 11 is 1.41. The Morgan fingerprint density at radius 1 is 1.25 bits per heavy atom. The number of fused-ring (bicyclic) bond motifs is 2. The molecule has 0 aliphatic heterocycles. The van der Waals surface area contributed by atoms with E-state index < -0.39 is 28.5 Å². The fraction of sp³-hybridized carbons (Fsp3) is 0.667. The third-order valence-corrected chi connectivity index (χ3v) is 12.0. The van der Waals surface area contributed by atoms with Crippen LogP contribution in [0.5, 0.6) is 0 Å². The third-order valence-electron chi connectivity index (χ3n) is 11.0. The Bertz CT molecular complexity index is 1170. The number of Topliss-reactive ketones (excluding diaryl/α,β-unsaturated/α-hetero) is 1. The normalized spacial score (nSPS) is 38.7. The van der Waals surface area contributed by atoms with Crippen LogP contribution >= 0.6 is 11.8 Å². The molecule has 8 atom stereocenters. The minimum Gasteiger partial charge on any atom is -0.461 e. The molecule has 1 aromatic rings. The summed E-state index contributed by atoms with van der Waals surface area (Å²) in [5, 5.41) is 14.6. The van der Waals surface area contributed by atoms with Gasteiger partial charge < -0.3 is 15.2 Å². The average Bonchev–Trinajstić information content (AvgIpc) is 2.94. The molecule has 2 bridgehead atoms. The van der Waals surface area contributed by atoms with Gasteiger partial charge in [0.2, 0.25) is 5.91 Å². The highest BCUT2D eigenvalue weighted by Gasteiger charge is 2.75. The lowest BCUT2D eigenvalue weighted by Gasteiger charge is -2.74. The van der Waals surface area contributed by atoms with Gasteiger partial charge in [0.25, 0.3) is 0 Å². The van der Waals surface area contributed by atoms with E-state index >= 15 is 0 Å². The number of thioether (sulfide) groups is 1. The molecule has 3 saturated carbocycles. The van der Waals surface area contributed by atoms with Gasteiger partial charge in [-0.05, 0) is 60.6 Å². The standard InChI is InChI=1S/C33H47NO5S/c1-8-26(36)34-18-22-12-11-13-23(16-22)40-19-27(37)39-25-17-30(5,9-2)28(38)21(4)33-15-14-24(35)32(7,20-33)29(33)31(25,6)10-3/h9,11-13,16,21,25,28-29,38H,2,8,10,14-15,17-20H2,1,3-7H3,(H,34,36)/t21-,25+,28-,29?,30+,31-,32?,33?/m0/s1. The molecule has 0 aromatic heterocycles. The van der Waals surface area contributed by atoms with E-state index in [1.165, 1.54) is 11.8 Å². The number of hydrogen-bond acceptors (Lipinski definition) is 6. The molecule has 7 heteroatoms. The first-order valence-corrected chi connectivity index (χ1v) is 15.8. The molecule has 1 amide bonds. The Kier molecular flexibility index (Phi) is 8.69. The highest BCUT2D eigenvalue weighted by Crippen LogP contribution is 2.76. The van der Waals surface area contributed by atoms with E-state index in [-0.39, 0.29) is 34.9 Å². The maximum atomic E-state index is 13.4.